The first-order chi connectivity index (χ1) is 5.27. The standard InChI is InChI=1S/C10H17N/c1-4-9-6-7-11(3)8-10(9)5-2/h6-7H,4-5,8H2,1-3H3. The molecule has 0 saturated heterocycles. The molecule has 0 atom stereocenters. The molecule has 1 aliphatic rings. The van der Waals surface area contributed by atoms with Gasteiger partial charge in [0.25, 0.3) is 0 Å². The van der Waals surface area contributed by atoms with E-state index in [4.69, 9.17) is 0 Å². The van der Waals surface area contributed by atoms with Crippen molar-refractivity contribution in [2.45, 2.75) is 26.7 Å². The number of hydrogen-bond donors (Lipinski definition) is 0. The summed E-state index contributed by atoms with van der Waals surface area (Å²) < 4.78 is 0. The number of allylic oxidation sites excluding steroid dienone is 2. The summed E-state index contributed by atoms with van der Waals surface area (Å²) in [4.78, 5) is 2.23. The number of rotatable bonds is 2. The van der Waals surface area contributed by atoms with Crippen LogP contribution in [0.15, 0.2) is 23.4 Å². The van der Waals surface area contributed by atoms with Crippen molar-refractivity contribution in [2.75, 3.05) is 13.6 Å². The van der Waals surface area contributed by atoms with Gasteiger partial charge in [-0.1, -0.05) is 13.8 Å². The molecule has 0 bridgehead atoms. The molecule has 11 heavy (non-hydrogen) atoms. The maximum atomic E-state index is 2.24. The molecule has 0 aromatic heterocycles. The maximum Gasteiger partial charge on any atom is 0.0385 e. The summed E-state index contributed by atoms with van der Waals surface area (Å²) in [7, 11) is 2.12. The first kappa shape index (κ1) is 8.38. The highest BCUT2D eigenvalue weighted by Crippen LogP contribution is 2.18. The lowest BCUT2D eigenvalue weighted by Crippen LogP contribution is -2.18. The largest absolute Gasteiger partial charge is 0.376 e. The average molecular weight is 151 g/mol. The number of likely N-dealkylation sites (N-methyl/N-ethyl adjacent to an activating group) is 1. The second-order valence-electron chi connectivity index (χ2n) is 3.07. The average Bonchev–Trinajstić information content (AvgIpc) is 2.04. The van der Waals surface area contributed by atoms with Crippen molar-refractivity contribution in [3.8, 4) is 0 Å². The Bertz CT molecular complexity index is 189. The number of nitrogens with zero attached hydrogens (tertiary/aromatic N) is 1. The van der Waals surface area contributed by atoms with Crippen LogP contribution in [0.3, 0.4) is 0 Å². The van der Waals surface area contributed by atoms with Crippen molar-refractivity contribution in [3.05, 3.63) is 23.4 Å². The third-order valence-corrected chi connectivity index (χ3v) is 2.23. The molecule has 0 saturated carbocycles. The molecule has 1 heterocycles. The molecule has 1 nitrogen and oxygen atoms in total. The van der Waals surface area contributed by atoms with Gasteiger partial charge in [-0.2, -0.15) is 0 Å². The Morgan fingerprint density at radius 1 is 1.36 bits per heavy atom. The molecule has 1 heteroatoms. The Kier molecular flexibility index (Phi) is 2.75. The Morgan fingerprint density at radius 2 is 2.09 bits per heavy atom. The van der Waals surface area contributed by atoms with Crippen molar-refractivity contribution in [1.29, 1.82) is 0 Å². The van der Waals surface area contributed by atoms with Crippen LogP contribution in [0.5, 0.6) is 0 Å². The van der Waals surface area contributed by atoms with Crippen LogP contribution in [0.2, 0.25) is 0 Å². The van der Waals surface area contributed by atoms with Gasteiger partial charge in [-0.15, -0.1) is 0 Å². The van der Waals surface area contributed by atoms with Crippen LogP contribution >= 0.6 is 0 Å². The fraction of sp³-hybridized carbons (Fsp3) is 0.600. The Balaban J connectivity index is 2.76. The van der Waals surface area contributed by atoms with Gasteiger partial charge in [-0.05, 0) is 36.3 Å². The summed E-state index contributed by atoms with van der Waals surface area (Å²) in [5.41, 5.74) is 3.13. The minimum Gasteiger partial charge on any atom is -0.376 e. The summed E-state index contributed by atoms with van der Waals surface area (Å²) >= 11 is 0. The highest BCUT2D eigenvalue weighted by molar-refractivity contribution is 5.29. The Morgan fingerprint density at radius 3 is 2.64 bits per heavy atom. The highest BCUT2D eigenvalue weighted by atomic mass is 15.1. The second kappa shape index (κ2) is 3.61. The first-order valence-corrected chi connectivity index (χ1v) is 4.37. The summed E-state index contributed by atoms with van der Waals surface area (Å²) in [5.74, 6) is 0. The lowest BCUT2D eigenvalue weighted by Gasteiger charge is -2.22. The van der Waals surface area contributed by atoms with Crippen LogP contribution in [0, 0.1) is 0 Å². The van der Waals surface area contributed by atoms with Crippen LogP contribution in [0.1, 0.15) is 26.7 Å². The SMILES string of the molecule is CCC1=C(CC)CN(C)C=C1. The normalized spacial score (nSPS) is 17.9. The molecule has 0 aliphatic carbocycles. The summed E-state index contributed by atoms with van der Waals surface area (Å²) in [6.45, 7) is 5.58. The van der Waals surface area contributed by atoms with Crippen molar-refractivity contribution < 1.29 is 0 Å². The molecule has 0 unspecified atom stereocenters. The van der Waals surface area contributed by atoms with E-state index >= 15 is 0 Å². The molecule has 0 amide bonds. The summed E-state index contributed by atoms with van der Waals surface area (Å²) in [6, 6.07) is 0. The highest BCUT2D eigenvalue weighted by Gasteiger charge is 2.06. The predicted octanol–water partition coefficient (Wildman–Crippen LogP) is 2.56. The van der Waals surface area contributed by atoms with E-state index in [1.165, 1.54) is 18.4 Å². The molecule has 1 aliphatic heterocycles. The van der Waals surface area contributed by atoms with E-state index in [2.05, 4.69) is 38.1 Å². The van der Waals surface area contributed by atoms with Crippen LogP contribution in [0.4, 0.5) is 0 Å². The van der Waals surface area contributed by atoms with Gasteiger partial charge >= 0.3 is 0 Å². The van der Waals surface area contributed by atoms with Gasteiger partial charge in [0.05, 0.1) is 0 Å². The van der Waals surface area contributed by atoms with E-state index in [0.29, 0.717) is 0 Å². The van der Waals surface area contributed by atoms with Gasteiger partial charge in [-0.3, -0.25) is 0 Å². The molecule has 0 spiro atoms. The monoisotopic (exact) mass is 151 g/mol. The lowest BCUT2D eigenvalue weighted by molar-refractivity contribution is 0.480. The van der Waals surface area contributed by atoms with Crippen LogP contribution in [-0.4, -0.2) is 18.5 Å². The quantitative estimate of drug-likeness (QED) is 0.586. The molecule has 0 radical (unpaired) electrons. The molecule has 0 N–H and O–H groups in total. The maximum absolute atomic E-state index is 2.24. The van der Waals surface area contributed by atoms with E-state index in [9.17, 15) is 0 Å². The lowest BCUT2D eigenvalue weighted by atomic mass is 10.0. The Hall–Kier alpha value is -0.720. The van der Waals surface area contributed by atoms with Gasteiger partial charge in [0.15, 0.2) is 0 Å². The molecule has 62 valence electrons. The van der Waals surface area contributed by atoms with Gasteiger partial charge in [0.1, 0.15) is 0 Å². The zero-order valence-corrected chi connectivity index (χ0v) is 7.72. The van der Waals surface area contributed by atoms with Gasteiger partial charge in [0.2, 0.25) is 0 Å². The summed E-state index contributed by atoms with van der Waals surface area (Å²) in [6.07, 6.45) is 6.77. The molecular formula is C10H17N. The van der Waals surface area contributed by atoms with E-state index < -0.39 is 0 Å². The second-order valence-corrected chi connectivity index (χ2v) is 3.07. The van der Waals surface area contributed by atoms with Crippen LogP contribution < -0.4 is 0 Å². The van der Waals surface area contributed by atoms with E-state index in [1.54, 1.807) is 5.57 Å². The molecule has 1 rings (SSSR count). The fourth-order valence-electron chi connectivity index (χ4n) is 1.50. The minimum atomic E-state index is 1.12. The van der Waals surface area contributed by atoms with Crippen molar-refractivity contribution in [2.24, 2.45) is 0 Å². The Labute approximate surface area is 69.4 Å². The van der Waals surface area contributed by atoms with Crippen LogP contribution in [0.25, 0.3) is 0 Å². The summed E-state index contributed by atoms with van der Waals surface area (Å²) in [5, 5.41) is 0. The molecule has 0 aromatic carbocycles. The van der Waals surface area contributed by atoms with Crippen LogP contribution in [-0.2, 0) is 0 Å². The fourth-order valence-corrected chi connectivity index (χ4v) is 1.50. The van der Waals surface area contributed by atoms with E-state index in [1.807, 2.05) is 0 Å². The van der Waals surface area contributed by atoms with E-state index in [-0.39, 0.29) is 0 Å². The van der Waals surface area contributed by atoms with Crippen molar-refractivity contribution >= 4 is 0 Å². The van der Waals surface area contributed by atoms with Crippen molar-refractivity contribution in [3.63, 3.8) is 0 Å². The van der Waals surface area contributed by atoms with E-state index in [0.717, 1.165) is 6.54 Å². The van der Waals surface area contributed by atoms with Gasteiger partial charge in [-0.25, -0.2) is 0 Å². The smallest absolute Gasteiger partial charge is 0.0385 e. The van der Waals surface area contributed by atoms with Crippen molar-refractivity contribution in [1.82, 2.24) is 4.90 Å². The third kappa shape index (κ3) is 1.86. The zero-order valence-electron chi connectivity index (χ0n) is 7.72. The zero-order chi connectivity index (χ0) is 8.27. The molecule has 0 fully saturated rings. The van der Waals surface area contributed by atoms with Gasteiger partial charge < -0.3 is 4.90 Å². The van der Waals surface area contributed by atoms with Gasteiger partial charge in [0, 0.05) is 13.6 Å². The topological polar surface area (TPSA) is 3.24 Å². The predicted molar refractivity (Wildman–Crippen MR) is 49.4 cm³/mol. The number of hydrogen-bond acceptors (Lipinski definition) is 1. The third-order valence-electron chi connectivity index (χ3n) is 2.23. The molecule has 0 aromatic rings. The molecular weight excluding hydrogens is 134 g/mol. The first-order valence-electron chi connectivity index (χ1n) is 4.37. The minimum absolute atomic E-state index is 1.12.